The van der Waals surface area contributed by atoms with Crippen LogP contribution in [-0.2, 0) is 4.79 Å². The molecule has 18 heavy (non-hydrogen) atoms. The fraction of sp³-hybridized carbons (Fsp3) is 0.588. The van der Waals surface area contributed by atoms with Gasteiger partial charge in [0.05, 0.1) is 0 Å². The molecular formula is C17H26O. The molecule has 0 aliphatic heterocycles. The molecule has 1 rings (SSSR count). The smallest absolute Gasteiger partial charge is 0.136 e. The highest BCUT2D eigenvalue weighted by atomic mass is 16.1. The Hall–Kier alpha value is -1.11. The van der Waals surface area contributed by atoms with Crippen LogP contribution in [0.15, 0.2) is 35.5 Å². The van der Waals surface area contributed by atoms with E-state index in [-0.39, 0.29) is 5.92 Å². The molecular weight excluding hydrogens is 220 g/mol. The van der Waals surface area contributed by atoms with Crippen molar-refractivity contribution in [1.82, 2.24) is 0 Å². The summed E-state index contributed by atoms with van der Waals surface area (Å²) in [5, 5.41) is 0. The molecule has 2 atom stereocenters. The lowest BCUT2D eigenvalue weighted by Crippen LogP contribution is -2.12. The highest BCUT2D eigenvalue weighted by Crippen LogP contribution is 2.22. The Bertz CT molecular complexity index is 371. The molecule has 0 saturated heterocycles. The second-order valence-electron chi connectivity index (χ2n) is 5.48. The zero-order valence-corrected chi connectivity index (χ0v) is 12.2. The predicted octanol–water partition coefficient (Wildman–Crippen LogP) is 4.85. The van der Waals surface area contributed by atoms with Crippen LogP contribution in [0.1, 0.15) is 53.4 Å². The summed E-state index contributed by atoms with van der Waals surface area (Å²) < 4.78 is 0. The Balaban J connectivity index is 2.88. The van der Waals surface area contributed by atoms with Crippen molar-refractivity contribution >= 4 is 5.78 Å². The van der Waals surface area contributed by atoms with Crippen molar-refractivity contribution in [3.63, 3.8) is 0 Å². The molecule has 0 aromatic heterocycles. The highest BCUT2D eigenvalue weighted by Gasteiger charge is 2.15. The molecule has 0 heterocycles. The van der Waals surface area contributed by atoms with Gasteiger partial charge in [-0.3, -0.25) is 4.79 Å². The fourth-order valence-electron chi connectivity index (χ4n) is 2.39. The number of hydrogen-bond donors (Lipinski definition) is 0. The van der Waals surface area contributed by atoms with Gasteiger partial charge < -0.3 is 0 Å². The van der Waals surface area contributed by atoms with Crippen LogP contribution in [0.25, 0.3) is 0 Å². The highest BCUT2D eigenvalue weighted by molar-refractivity contribution is 5.81. The number of ketones is 1. The van der Waals surface area contributed by atoms with E-state index >= 15 is 0 Å². The van der Waals surface area contributed by atoms with Crippen LogP contribution < -0.4 is 0 Å². The lowest BCUT2D eigenvalue weighted by atomic mass is 9.89. The summed E-state index contributed by atoms with van der Waals surface area (Å²) in [4.78, 5) is 11.7. The zero-order valence-electron chi connectivity index (χ0n) is 12.2. The largest absolute Gasteiger partial charge is 0.299 e. The number of carbonyl (C=O) groups is 1. The van der Waals surface area contributed by atoms with Crippen LogP contribution in [0.5, 0.6) is 0 Å². The third kappa shape index (κ3) is 4.64. The van der Waals surface area contributed by atoms with Gasteiger partial charge in [0.2, 0.25) is 0 Å². The van der Waals surface area contributed by atoms with E-state index in [0.717, 1.165) is 25.7 Å². The van der Waals surface area contributed by atoms with Crippen LogP contribution in [-0.4, -0.2) is 5.78 Å². The van der Waals surface area contributed by atoms with E-state index in [1.54, 1.807) is 6.92 Å². The Labute approximate surface area is 112 Å². The first-order valence-electron chi connectivity index (χ1n) is 7.01. The van der Waals surface area contributed by atoms with Crippen molar-refractivity contribution in [2.75, 3.05) is 0 Å². The third-order valence-electron chi connectivity index (χ3n) is 3.98. The van der Waals surface area contributed by atoms with Crippen molar-refractivity contribution in [2.45, 2.75) is 53.4 Å². The van der Waals surface area contributed by atoms with Crippen molar-refractivity contribution in [3.05, 3.63) is 35.5 Å². The minimum atomic E-state index is 0.111. The molecule has 0 N–H and O–H groups in total. The first kappa shape index (κ1) is 14.9. The molecule has 0 bridgehead atoms. The fourth-order valence-corrected chi connectivity index (χ4v) is 2.39. The average molecular weight is 246 g/mol. The minimum absolute atomic E-state index is 0.111. The number of allylic oxidation sites excluding steroid dienone is 6. The summed E-state index contributed by atoms with van der Waals surface area (Å²) in [5.74, 6) is 1.03. The average Bonchev–Trinajstić information content (AvgIpc) is 2.31. The standard InChI is InChI=1S/C17H26O/c1-13-9-6-5-7-12-17(16(4)18)15(3)11-8-10-14(13)2/h5-6,10-11,13,17H,7-9,12H2,1-4H3/b6-5+,14-10+,15-11+. The third-order valence-corrected chi connectivity index (χ3v) is 3.98. The Morgan fingerprint density at radius 3 is 2.50 bits per heavy atom. The molecule has 0 saturated carbocycles. The number of rotatable bonds is 1. The quantitative estimate of drug-likeness (QED) is 0.604. The Kier molecular flexibility index (Phi) is 6.11. The van der Waals surface area contributed by atoms with E-state index in [1.807, 2.05) is 0 Å². The van der Waals surface area contributed by atoms with E-state index in [9.17, 15) is 4.79 Å². The van der Waals surface area contributed by atoms with Crippen molar-refractivity contribution in [2.24, 2.45) is 11.8 Å². The minimum Gasteiger partial charge on any atom is -0.299 e. The maximum atomic E-state index is 11.7. The van der Waals surface area contributed by atoms with E-state index in [4.69, 9.17) is 0 Å². The topological polar surface area (TPSA) is 17.1 Å². The van der Waals surface area contributed by atoms with Gasteiger partial charge in [-0.25, -0.2) is 0 Å². The van der Waals surface area contributed by atoms with Gasteiger partial charge in [0, 0.05) is 5.92 Å². The van der Waals surface area contributed by atoms with Crippen molar-refractivity contribution in [1.29, 1.82) is 0 Å². The van der Waals surface area contributed by atoms with Gasteiger partial charge in [-0.2, -0.15) is 0 Å². The molecule has 1 nitrogen and oxygen atoms in total. The van der Waals surface area contributed by atoms with Crippen LogP contribution in [0.4, 0.5) is 0 Å². The number of Topliss-reactive ketones (excluding diaryl/α,β-unsaturated/α-hetero) is 1. The van der Waals surface area contributed by atoms with Gasteiger partial charge in [-0.15, -0.1) is 0 Å². The first-order valence-corrected chi connectivity index (χ1v) is 7.01. The van der Waals surface area contributed by atoms with Gasteiger partial charge in [-0.1, -0.05) is 42.4 Å². The molecule has 0 amide bonds. The van der Waals surface area contributed by atoms with Gasteiger partial charge in [0.25, 0.3) is 0 Å². The number of carbonyl (C=O) groups excluding carboxylic acids is 1. The molecule has 0 aromatic rings. The van der Waals surface area contributed by atoms with E-state index in [0.29, 0.717) is 11.7 Å². The van der Waals surface area contributed by atoms with E-state index in [2.05, 4.69) is 45.1 Å². The summed E-state index contributed by atoms with van der Waals surface area (Å²) in [6.45, 7) is 8.28. The maximum absolute atomic E-state index is 11.7. The summed E-state index contributed by atoms with van der Waals surface area (Å²) >= 11 is 0. The second-order valence-corrected chi connectivity index (χ2v) is 5.48. The van der Waals surface area contributed by atoms with Crippen LogP contribution in [0.3, 0.4) is 0 Å². The van der Waals surface area contributed by atoms with Crippen LogP contribution in [0, 0.1) is 11.8 Å². The number of hydrogen-bond acceptors (Lipinski definition) is 1. The Morgan fingerprint density at radius 1 is 1.17 bits per heavy atom. The lowest BCUT2D eigenvalue weighted by molar-refractivity contribution is -0.119. The van der Waals surface area contributed by atoms with Crippen molar-refractivity contribution < 1.29 is 4.79 Å². The second kappa shape index (κ2) is 7.35. The molecule has 0 spiro atoms. The van der Waals surface area contributed by atoms with Gasteiger partial charge in [-0.05, 0) is 52.4 Å². The molecule has 0 fully saturated rings. The molecule has 0 radical (unpaired) electrons. The lowest BCUT2D eigenvalue weighted by Gasteiger charge is -2.15. The van der Waals surface area contributed by atoms with Crippen molar-refractivity contribution in [3.8, 4) is 0 Å². The first-order chi connectivity index (χ1) is 8.52. The summed E-state index contributed by atoms with van der Waals surface area (Å²) in [6, 6.07) is 0. The summed E-state index contributed by atoms with van der Waals surface area (Å²) in [5.41, 5.74) is 2.68. The molecule has 1 aliphatic rings. The monoisotopic (exact) mass is 246 g/mol. The summed E-state index contributed by atoms with van der Waals surface area (Å²) in [7, 11) is 0. The van der Waals surface area contributed by atoms with E-state index < -0.39 is 0 Å². The Morgan fingerprint density at radius 2 is 1.83 bits per heavy atom. The molecule has 100 valence electrons. The van der Waals surface area contributed by atoms with Crippen LogP contribution >= 0.6 is 0 Å². The SMILES string of the molecule is CC(=O)C1CC/C=C/CC(C)/C(C)=C/C/C=C/1C. The molecule has 2 unspecified atom stereocenters. The zero-order chi connectivity index (χ0) is 13.5. The molecule has 0 aromatic carbocycles. The van der Waals surface area contributed by atoms with Gasteiger partial charge in [0.15, 0.2) is 0 Å². The van der Waals surface area contributed by atoms with E-state index in [1.165, 1.54) is 11.1 Å². The van der Waals surface area contributed by atoms with Gasteiger partial charge in [0.1, 0.15) is 5.78 Å². The summed E-state index contributed by atoms with van der Waals surface area (Å²) in [6.07, 6.45) is 13.0. The van der Waals surface area contributed by atoms with Crippen LogP contribution in [0.2, 0.25) is 0 Å². The maximum Gasteiger partial charge on any atom is 0.136 e. The normalized spacial score (nSPS) is 34.2. The predicted molar refractivity (Wildman–Crippen MR) is 78.5 cm³/mol. The van der Waals surface area contributed by atoms with Gasteiger partial charge >= 0.3 is 0 Å². The molecule has 1 heteroatoms. The molecule has 1 aliphatic carbocycles.